The number of hydrogen-bond acceptors (Lipinski definition) is 4. The molecule has 2 fully saturated rings. The van der Waals surface area contributed by atoms with Crippen LogP contribution < -0.4 is 0 Å². The van der Waals surface area contributed by atoms with Crippen LogP contribution in [0.1, 0.15) is 30.1 Å². The van der Waals surface area contributed by atoms with Gasteiger partial charge >= 0.3 is 0 Å². The molecule has 5 heteroatoms. The van der Waals surface area contributed by atoms with Crippen molar-refractivity contribution in [3.63, 3.8) is 0 Å². The molecule has 1 atom stereocenters. The van der Waals surface area contributed by atoms with Crippen molar-refractivity contribution in [3.8, 4) is 0 Å². The van der Waals surface area contributed by atoms with Gasteiger partial charge in [-0.05, 0) is 31.5 Å². The molecule has 1 amide bonds. The van der Waals surface area contributed by atoms with E-state index in [1.807, 2.05) is 23.1 Å². The average Bonchev–Trinajstić information content (AvgIpc) is 3.13. The van der Waals surface area contributed by atoms with Gasteiger partial charge in [-0.1, -0.05) is 19.1 Å². The van der Waals surface area contributed by atoms with E-state index in [9.17, 15) is 4.79 Å². The Balaban J connectivity index is 1.63. The van der Waals surface area contributed by atoms with Crippen molar-refractivity contribution in [1.29, 1.82) is 0 Å². The van der Waals surface area contributed by atoms with Crippen LogP contribution in [0.5, 0.6) is 0 Å². The molecule has 0 saturated carbocycles. The zero-order valence-electron chi connectivity index (χ0n) is 13.9. The van der Waals surface area contributed by atoms with E-state index in [1.54, 1.807) is 11.8 Å². The fraction of sp³-hybridized carbons (Fsp3) is 0.611. The molecule has 0 N–H and O–H groups in total. The predicted octanol–water partition coefficient (Wildman–Crippen LogP) is 2.74. The number of hydrogen-bond donors (Lipinski definition) is 0. The quantitative estimate of drug-likeness (QED) is 0.775. The summed E-state index contributed by atoms with van der Waals surface area (Å²) in [5.41, 5.74) is 0.848. The van der Waals surface area contributed by atoms with Crippen molar-refractivity contribution in [2.45, 2.75) is 30.8 Å². The van der Waals surface area contributed by atoms with Crippen molar-refractivity contribution in [2.24, 2.45) is 0 Å². The molecule has 3 rings (SSSR count). The van der Waals surface area contributed by atoms with Crippen LogP contribution in [-0.4, -0.2) is 66.9 Å². The molecular weight excluding hydrogens is 308 g/mol. The van der Waals surface area contributed by atoms with Crippen LogP contribution in [0.3, 0.4) is 0 Å². The minimum absolute atomic E-state index is 0.177. The predicted molar refractivity (Wildman–Crippen MR) is 94.2 cm³/mol. The van der Waals surface area contributed by atoms with Gasteiger partial charge in [0, 0.05) is 43.4 Å². The smallest absolute Gasteiger partial charge is 0.255 e. The van der Waals surface area contributed by atoms with E-state index in [1.165, 1.54) is 0 Å². The number of amides is 1. The average molecular weight is 334 g/mol. The molecule has 0 spiro atoms. The maximum Gasteiger partial charge on any atom is 0.255 e. The van der Waals surface area contributed by atoms with Gasteiger partial charge in [0.25, 0.3) is 5.91 Å². The van der Waals surface area contributed by atoms with Gasteiger partial charge in [0.15, 0.2) is 0 Å². The molecular formula is C18H26N2O2S. The van der Waals surface area contributed by atoms with Crippen molar-refractivity contribution in [1.82, 2.24) is 9.80 Å². The Morgan fingerprint density at radius 2 is 2.04 bits per heavy atom. The fourth-order valence-electron chi connectivity index (χ4n) is 3.17. The summed E-state index contributed by atoms with van der Waals surface area (Å²) in [5.74, 6) is 1.12. The number of benzene rings is 1. The van der Waals surface area contributed by atoms with Gasteiger partial charge in [-0.15, -0.1) is 11.8 Å². The lowest BCUT2D eigenvalue weighted by Crippen LogP contribution is -2.48. The van der Waals surface area contributed by atoms with E-state index in [0.717, 1.165) is 68.4 Å². The summed E-state index contributed by atoms with van der Waals surface area (Å²) in [6.07, 6.45) is 2.64. The zero-order valence-corrected chi connectivity index (χ0v) is 14.7. The van der Waals surface area contributed by atoms with Crippen molar-refractivity contribution in [2.75, 3.05) is 45.1 Å². The second-order valence-corrected chi connectivity index (χ2v) is 7.23. The summed E-state index contributed by atoms with van der Waals surface area (Å²) in [7, 11) is 0. The van der Waals surface area contributed by atoms with Crippen LogP contribution in [0.2, 0.25) is 0 Å². The minimum Gasteiger partial charge on any atom is -0.377 e. The number of ether oxygens (including phenoxy) is 1. The third-order valence-corrected chi connectivity index (χ3v) is 5.88. The van der Waals surface area contributed by atoms with E-state index in [4.69, 9.17) is 4.74 Å². The Bertz CT molecular complexity index is 524. The van der Waals surface area contributed by atoms with Gasteiger partial charge in [-0.3, -0.25) is 4.79 Å². The van der Waals surface area contributed by atoms with Crippen LogP contribution >= 0.6 is 11.8 Å². The molecule has 4 nitrogen and oxygen atoms in total. The molecule has 2 aliphatic heterocycles. The summed E-state index contributed by atoms with van der Waals surface area (Å²) < 4.78 is 5.69. The Morgan fingerprint density at radius 1 is 1.26 bits per heavy atom. The number of carbonyl (C=O) groups is 1. The van der Waals surface area contributed by atoms with Crippen molar-refractivity contribution < 1.29 is 9.53 Å². The SMILES string of the molecule is CCN1CCN(C(=O)c2ccccc2SCC2CCCO2)CC1. The Hall–Kier alpha value is -1.04. The molecule has 0 aromatic heterocycles. The molecule has 0 aliphatic carbocycles. The lowest BCUT2D eigenvalue weighted by atomic mass is 10.2. The molecule has 2 heterocycles. The van der Waals surface area contributed by atoms with Gasteiger partial charge < -0.3 is 14.5 Å². The van der Waals surface area contributed by atoms with Crippen LogP contribution in [-0.2, 0) is 4.74 Å². The highest BCUT2D eigenvalue weighted by atomic mass is 32.2. The lowest BCUT2D eigenvalue weighted by molar-refractivity contribution is 0.0640. The Morgan fingerprint density at radius 3 is 2.74 bits per heavy atom. The highest BCUT2D eigenvalue weighted by molar-refractivity contribution is 7.99. The standard InChI is InChI=1S/C18H26N2O2S/c1-2-19-9-11-20(12-10-19)18(21)16-7-3-4-8-17(16)23-14-15-6-5-13-22-15/h3-4,7-8,15H,2,5-6,9-14H2,1H3. The van der Waals surface area contributed by atoms with Crippen molar-refractivity contribution in [3.05, 3.63) is 29.8 Å². The zero-order chi connectivity index (χ0) is 16.1. The number of rotatable bonds is 5. The van der Waals surface area contributed by atoms with Crippen LogP contribution in [0.15, 0.2) is 29.2 Å². The largest absolute Gasteiger partial charge is 0.377 e. The molecule has 2 aliphatic rings. The van der Waals surface area contributed by atoms with E-state index in [2.05, 4.69) is 17.9 Å². The molecule has 1 unspecified atom stereocenters. The number of piperazine rings is 1. The highest BCUT2D eigenvalue weighted by Gasteiger charge is 2.24. The summed E-state index contributed by atoms with van der Waals surface area (Å²) in [6, 6.07) is 8.01. The first-order chi connectivity index (χ1) is 11.3. The topological polar surface area (TPSA) is 32.8 Å². The first-order valence-corrected chi connectivity index (χ1v) is 9.61. The maximum atomic E-state index is 12.9. The number of likely N-dealkylation sites (N-methyl/N-ethyl adjacent to an activating group) is 1. The van der Waals surface area contributed by atoms with Gasteiger partial charge in [0.1, 0.15) is 0 Å². The van der Waals surface area contributed by atoms with Gasteiger partial charge in [0.2, 0.25) is 0 Å². The van der Waals surface area contributed by atoms with E-state index in [0.29, 0.717) is 6.10 Å². The number of nitrogens with zero attached hydrogens (tertiary/aromatic N) is 2. The summed E-state index contributed by atoms with van der Waals surface area (Å²) in [6.45, 7) is 7.74. The third-order valence-electron chi connectivity index (χ3n) is 4.67. The molecule has 1 aromatic carbocycles. The van der Waals surface area contributed by atoms with Crippen molar-refractivity contribution >= 4 is 17.7 Å². The third kappa shape index (κ3) is 4.28. The Kier molecular flexibility index (Phi) is 5.97. The van der Waals surface area contributed by atoms with E-state index in [-0.39, 0.29) is 5.91 Å². The lowest BCUT2D eigenvalue weighted by Gasteiger charge is -2.34. The molecule has 0 radical (unpaired) electrons. The number of thioether (sulfide) groups is 1. The summed E-state index contributed by atoms with van der Waals surface area (Å²) in [4.78, 5) is 18.4. The van der Waals surface area contributed by atoms with Crippen LogP contribution in [0, 0.1) is 0 Å². The molecule has 2 saturated heterocycles. The molecule has 126 valence electrons. The maximum absolute atomic E-state index is 12.9. The minimum atomic E-state index is 0.177. The second-order valence-electron chi connectivity index (χ2n) is 6.17. The summed E-state index contributed by atoms with van der Waals surface area (Å²) >= 11 is 1.76. The van der Waals surface area contributed by atoms with Gasteiger partial charge in [0.05, 0.1) is 11.7 Å². The highest BCUT2D eigenvalue weighted by Crippen LogP contribution is 2.27. The van der Waals surface area contributed by atoms with E-state index < -0.39 is 0 Å². The molecule has 0 bridgehead atoms. The first kappa shape index (κ1) is 16.8. The van der Waals surface area contributed by atoms with Crippen LogP contribution in [0.4, 0.5) is 0 Å². The molecule has 23 heavy (non-hydrogen) atoms. The van der Waals surface area contributed by atoms with Crippen LogP contribution in [0.25, 0.3) is 0 Å². The second kappa shape index (κ2) is 8.18. The first-order valence-electron chi connectivity index (χ1n) is 8.63. The monoisotopic (exact) mass is 334 g/mol. The normalized spacial score (nSPS) is 22.5. The van der Waals surface area contributed by atoms with Gasteiger partial charge in [-0.25, -0.2) is 0 Å². The molecule has 1 aromatic rings. The van der Waals surface area contributed by atoms with E-state index >= 15 is 0 Å². The Labute approximate surface area is 143 Å². The summed E-state index contributed by atoms with van der Waals surface area (Å²) in [5, 5.41) is 0. The van der Waals surface area contributed by atoms with Gasteiger partial charge in [-0.2, -0.15) is 0 Å². The number of carbonyl (C=O) groups excluding carboxylic acids is 1. The fourth-order valence-corrected chi connectivity index (χ4v) is 4.28.